The molecule has 0 aliphatic heterocycles. The molecule has 0 saturated carbocycles. The molecule has 0 aromatic heterocycles. The van der Waals surface area contributed by atoms with Gasteiger partial charge >= 0.3 is 0 Å². The molecule has 0 spiro atoms. The molecule has 7 aromatic carbocycles. The van der Waals surface area contributed by atoms with E-state index in [1.165, 1.54) is 78.2 Å². The van der Waals surface area contributed by atoms with Crippen molar-refractivity contribution in [2.45, 2.75) is 71.6 Å². The third-order valence-corrected chi connectivity index (χ3v) is 22.4. The fourth-order valence-corrected chi connectivity index (χ4v) is 23.0. The molecule has 4 heteroatoms. The second-order valence-corrected chi connectivity index (χ2v) is 28.8. The van der Waals surface area contributed by atoms with Crippen LogP contribution in [-0.2, 0) is 4.66 Å². The normalized spacial score (nSPS) is 13.4. The minimum atomic E-state index is -1.98. The zero-order valence-electron chi connectivity index (χ0n) is 34.3. The summed E-state index contributed by atoms with van der Waals surface area (Å²) in [5.41, 5.74) is 18.3. The van der Waals surface area contributed by atoms with Gasteiger partial charge in [0.2, 0.25) is 0 Å². The van der Waals surface area contributed by atoms with E-state index >= 15 is 0 Å². The number of benzene rings is 7. The van der Waals surface area contributed by atoms with Crippen LogP contribution < -0.4 is 9.80 Å². The molecule has 276 valence electrons. The molecule has 2 nitrogen and oxygen atoms in total. The molecule has 1 aliphatic carbocycles. The third-order valence-electron chi connectivity index (χ3n) is 12.4. The lowest BCUT2D eigenvalue weighted by atomic mass is 9.97. The molecular weight excluding hydrogens is 697 g/mol. The summed E-state index contributed by atoms with van der Waals surface area (Å²) < 4.78 is -0.0273. The van der Waals surface area contributed by atoms with Crippen LogP contribution in [0.25, 0.3) is 21.9 Å². The Bertz CT molecular complexity index is 2550. The lowest BCUT2D eigenvalue weighted by Gasteiger charge is -2.51. The molecule has 0 radical (unpaired) electrons. The van der Waals surface area contributed by atoms with Gasteiger partial charge in [0, 0.05) is 38.8 Å². The highest BCUT2D eigenvalue weighted by atomic mass is 28.4. The van der Waals surface area contributed by atoms with Crippen LogP contribution in [0, 0.1) is 27.7 Å². The first-order valence-electron chi connectivity index (χ1n) is 19.8. The summed E-state index contributed by atoms with van der Waals surface area (Å²) in [7, 11) is -3.96. The first-order chi connectivity index (χ1) is 26.2. The van der Waals surface area contributed by atoms with Crippen molar-refractivity contribution < 1.29 is 0 Å². The molecule has 0 bridgehead atoms. The van der Waals surface area contributed by atoms with Crippen molar-refractivity contribution in [2.75, 3.05) is 9.80 Å². The maximum absolute atomic E-state index is 2.62. The van der Waals surface area contributed by atoms with Gasteiger partial charge in [-0.2, -0.15) is 0 Å². The zero-order valence-corrected chi connectivity index (χ0v) is 36.3. The number of hydrogen-bond acceptors (Lipinski definition) is 2. The maximum Gasteiger partial charge on any atom is 0.0579 e. The number of aryl methyl sites for hydroxylation is 4. The Hall–Kier alpha value is -5.17. The number of hydrogen-bond donors (Lipinski definition) is 0. The molecule has 0 fully saturated rings. The topological polar surface area (TPSA) is 6.48 Å². The molecule has 55 heavy (non-hydrogen) atoms. The molecule has 0 N–H and O–H groups in total. The fraction of sp³-hybridized carbons (Fsp3) is 0.216. The van der Waals surface area contributed by atoms with Crippen molar-refractivity contribution in [3.8, 4) is 11.1 Å². The van der Waals surface area contributed by atoms with E-state index < -0.39 is 16.1 Å². The van der Waals surface area contributed by atoms with E-state index in [2.05, 4.69) is 222 Å². The highest BCUT2D eigenvalue weighted by Gasteiger charge is 2.59. The molecule has 7 aromatic rings. The minimum Gasteiger partial charge on any atom is -0.310 e. The van der Waals surface area contributed by atoms with Gasteiger partial charge in [0.05, 0.1) is 16.1 Å². The summed E-state index contributed by atoms with van der Waals surface area (Å²) in [4.78, 5) is 4.87. The Morgan fingerprint density at radius 3 is 1.31 bits per heavy atom. The van der Waals surface area contributed by atoms with Gasteiger partial charge < -0.3 is 9.80 Å². The van der Waals surface area contributed by atoms with Crippen molar-refractivity contribution in [3.63, 3.8) is 0 Å². The summed E-state index contributed by atoms with van der Waals surface area (Å²) in [5, 5.41) is 2.70. The first-order valence-corrected chi connectivity index (χ1v) is 26.8. The van der Waals surface area contributed by atoms with Crippen LogP contribution in [0.1, 0.15) is 33.4 Å². The van der Waals surface area contributed by atoms with Crippen molar-refractivity contribution in [1.29, 1.82) is 0 Å². The van der Waals surface area contributed by atoms with E-state index in [0.717, 1.165) is 5.69 Å². The predicted molar refractivity (Wildman–Crippen MR) is 245 cm³/mol. The summed E-state index contributed by atoms with van der Waals surface area (Å²) in [6.07, 6.45) is 0. The SMILES string of the molecule is Cc1ccc(N(c2ccccc2)c2ccc3c(c2)C([Si](C)(C)C)([Si](C)(C)C)c2c-3ccc3cc(N(c4ccccc4)c4ccc(C)c(C)c4)ccc23)cc1C. The molecule has 0 unspecified atom stereocenters. The van der Waals surface area contributed by atoms with Crippen LogP contribution in [0.2, 0.25) is 39.3 Å². The Balaban J connectivity index is 1.36. The van der Waals surface area contributed by atoms with Gasteiger partial charge in [0.1, 0.15) is 0 Å². The summed E-state index contributed by atoms with van der Waals surface area (Å²) in [5.74, 6) is 0. The summed E-state index contributed by atoms with van der Waals surface area (Å²) >= 11 is 0. The van der Waals surface area contributed by atoms with Gasteiger partial charge in [-0.3, -0.25) is 0 Å². The smallest absolute Gasteiger partial charge is 0.0579 e. The van der Waals surface area contributed by atoms with Crippen molar-refractivity contribution in [3.05, 3.63) is 179 Å². The van der Waals surface area contributed by atoms with Gasteiger partial charge in [-0.15, -0.1) is 0 Å². The molecule has 0 atom stereocenters. The van der Waals surface area contributed by atoms with Crippen molar-refractivity contribution in [1.82, 2.24) is 0 Å². The van der Waals surface area contributed by atoms with Crippen LogP contribution in [0.3, 0.4) is 0 Å². The lowest BCUT2D eigenvalue weighted by molar-refractivity contribution is 0.961. The van der Waals surface area contributed by atoms with E-state index in [4.69, 9.17) is 0 Å². The minimum absolute atomic E-state index is 0.0273. The lowest BCUT2D eigenvalue weighted by Crippen LogP contribution is -2.63. The quantitative estimate of drug-likeness (QED) is 0.143. The number of fused-ring (bicyclic) bond motifs is 5. The number of para-hydroxylation sites is 2. The Labute approximate surface area is 331 Å². The molecular formula is C51H54N2Si2. The van der Waals surface area contributed by atoms with E-state index in [1.807, 2.05) is 0 Å². The van der Waals surface area contributed by atoms with Crippen LogP contribution in [-0.4, -0.2) is 16.1 Å². The summed E-state index contributed by atoms with van der Waals surface area (Å²) in [6, 6.07) is 54.9. The average Bonchev–Trinajstić information content (AvgIpc) is 3.47. The number of nitrogens with zero attached hydrogens (tertiary/aromatic N) is 2. The van der Waals surface area contributed by atoms with Crippen LogP contribution in [0.15, 0.2) is 146 Å². The molecule has 1 aliphatic rings. The van der Waals surface area contributed by atoms with Crippen molar-refractivity contribution in [2.24, 2.45) is 0 Å². The molecule has 8 rings (SSSR count). The average molecular weight is 751 g/mol. The summed E-state index contributed by atoms with van der Waals surface area (Å²) in [6.45, 7) is 24.6. The van der Waals surface area contributed by atoms with E-state index in [1.54, 1.807) is 5.56 Å². The van der Waals surface area contributed by atoms with Crippen LogP contribution >= 0.6 is 0 Å². The van der Waals surface area contributed by atoms with Crippen LogP contribution in [0.4, 0.5) is 34.1 Å². The van der Waals surface area contributed by atoms with Gasteiger partial charge in [-0.25, -0.2) is 0 Å². The Kier molecular flexibility index (Phi) is 9.06. The predicted octanol–water partition coefficient (Wildman–Crippen LogP) is 15.0. The number of anilines is 6. The Morgan fingerprint density at radius 1 is 0.382 bits per heavy atom. The van der Waals surface area contributed by atoms with E-state index in [-0.39, 0.29) is 4.66 Å². The van der Waals surface area contributed by atoms with E-state index in [0.29, 0.717) is 0 Å². The van der Waals surface area contributed by atoms with E-state index in [9.17, 15) is 0 Å². The standard InChI is InChI=1S/C51H54N2Si2/c1-35-21-24-42(31-37(35)3)52(40-17-13-11-14-18-40)44-26-29-46-39(33-44)23-28-48-47-30-27-45(34-49(47)51(50(46)48,54(5,6)7)55(8,9)10)53(41-19-15-12-16-20-41)43-25-22-36(2)38(4)32-43/h11-34H,1-10H3. The van der Waals surface area contributed by atoms with Crippen LogP contribution in [0.5, 0.6) is 0 Å². The second-order valence-electron chi connectivity index (χ2n) is 17.8. The molecule has 0 saturated heterocycles. The Morgan fingerprint density at radius 2 is 0.818 bits per heavy atom. The van der Waals surface area contributed by atoms with Gasteiger partial charge in [-0.1, -0.05) is 112 Å². The maximum atomic E-state index is 2.62. The highest BCUT2D eigenvalue weighted by molar-refractivity contribution is 7.00. The largest absolute Gasteiger partial charge is 0.310 e. The van der Waals surface area contributed by atoms with Gasteiger partial charge in [0.15, 0.2) is 0 Å². The zero-order chi connectivity index (χ0) is 38.9. The number of rotatable bonds is 8. The third kappa shape index (κ3) is 5.98. The molecule has 0 amide bonds. The fourth-order valence-electron chi connectivity index (χ4n) is 9.90. The molecule has 0 heterocycles. The van der Waals surface area contributed by atoms with Gasteiger partial charge in [0.25, 0.3) is 0 Å². The second kappa shape index (κ2) is 13.5. The van der Waals surface area contributed by atoms with Crippen molar-refractivity contribution >= 4 is 61.0 Å². The highest BCUT2D eigenvalue weighted by Crippen LogP contribution is 2.60. The first kappa shape index (κ1) is 36.8. The monoisotopic (exact) mass is 750 g/mol. The van der Waals surface area contributed by atoms with Gasteiger partial charge in [-0.05, 0) is 156 Å².